The Morgan fingerprint density at radius 2 is 1.76 bits per heavy atom. The average Bonchev–Trinajstić information content (AvgIpc) is 3.59. The fourth-order valence-corrected chi connectivity index (χ4v) is 6.57. The summed E-state index contributed by atoms with van der Waals surface area (Å²) in [6.45, 7) is 0. The summed E-state index contributed by atoms with van der Waals surface area (Å²) in [4.78, 5) is 15.1. The van der Waals surface area contributed by atoms with Gasteiger partial charge in [0.2, 0.25) is 11.7 Å². The Hall–Kier alpha value is -3.37. The number of aromatic nitrogens is 3. The van der Waals surface area contributed by atoms with Gasteiger partial charge in [0.25, 0.3) is 0 Å². The van der Waals surface area contributed by atoms with Crippen molar-refractivity contribution in [3.05, 3.63) is 79.1 Å². The molecule has 1 saturated heterocycles. The van der Waals surface area contributed by atoms with E-state index in [1.807, 2.05) is 65.2 Å². The summed E-state index contributed by atoms with van der Waals surface area (Å²) in [5.41, 5.74) is 1.53. The van der Waals surface area contributed by atoms with Crippen molar-refractivity contribution in [3.8, 4) is 17.3 Å². The van der Waals surface area contributed by atoms with E-state index in [1.54, 1.807) is 23.3 Å². The molecule has 8 nitrogen and oxygen atoms in total. The maximum Gasteiger partial charge on any atom is 0.237 e. The van der Waals surface area contributed by atoms with E-state index in [4.69, 9.17) is 4.42 Å². The molecule has 1 aliphatic heterocycles. The van der Waals surface area contributed by atoms with Crippen LogP contribution in [0, 0.1) is 0 Å². The van der Waals surface area contributed by atoms with E-state index in [9.17, 15) is 13.2 Å². The molecule has 10 heteroatoms. The van der Waals surface area contributed by atoms with Crippen LogP contribution in [0.1, 0.15) is 6.42 Å². The molecule has 1 aliphatic rings. The van der Waals surface area contributed by atoms with E-state index in [2.05, 4.69) is 10.2 Å². The minimum absolute atomic E-state index is 0.0266. The molecule has 1 amide bonds. The highest BCUT2D eigenvalue weighted by Gasteiger charge is 2.35. The van der Waals surface area contributed by atoms with Gasteiger partial charge in [0.15, 0.2) is 20.8 Å². The fraction of sp³-hybridized carbons (Fsp3) is 0.208. The molecule has 0 bridgehead atoms. The third kappa shape index (κ3) is 4.64. The first-order valence-corrected chi connectivity index (χ1v) is 13.6. The standard InChI is InChI=1S/C24H22N4O4S2/c29-22(27(18-8-3-1-4-9-18)20-13-15-34(30,31)17-20)16-33-24-26-25-23(21-12-7-14-32-21)28(24)19-10-5-2-6-11-19/h1-12,14,20H,13,15-17H2. The van der Waals surface area contributed by atoms with E-state index in [-0.39, 0.29) is 29.2 Å². The third-order valence-corrected chi connectivity index (χ3v) is 8.25. The zero-order valence-electron chi connectivity index (χ0n) is 18.1. The summed E-state index contributed by atoms with van der Waals surface area (Å²) in [5.74, 6) is 1.07. The lowest BCUT2D eigenvalue weighted by Crippen LogP contribution is -2.42. The largest absolute Gasteiger partial charge is 0.461 e. The van der Waals surface area contributed by atoms with Gasteiger partial charge in [-0.05, 0) is 42.8 Å². The molecule has 1 atom stereocenters. The predicted molar refractivity (Wildman–Crippen MR) is 131 cm³/mol. The highest BCUT2D eigenvalue weighted by Crippen LogP contribution is 2.30. The van der Waals surface area contributed by atoms with Gasteiger partial charge in [-0.2, -0.15) is 0 Å². The summed E-state index contributed by atoms with van der Waals surface area (Å²) in [5, 5.41) is 9.17. The molecule has 0 saturated carbocycles. The smallest absolute Gasteiger partial charge is 0.237 e. The highest BCUT2D eigenvalue weighted by atomic mass is 32.2. The highest BCUT2D eigenvalue weighted by molar-refractivity contribution is 7.99. The number of carbonyl (C=O) groups is 1. The quantitative estimate of drug-likeness (QED) is 0.360. The molecule has 34 heavy (non-hydrogen) atoms. The molecule has 1 fully saturated rings. The Labute approximate surface area is 201 Å². The number of furan rings is 1. The predicted octanol–water partition coefficient (Wildman–Crippen LogP) is 3.84. The Morgan fingerprint density at radius 3 is 2.41 bits per heavy atom. The van der Waals surface area contributed by atoms with Crippen molar-refractivity contribution in [3.63, 3.8) is 0 Å². The second kappa shape index (κ2) is 9.47. The first-order valence-electron chi connectivity index (χ1n) is 10.8. The van der Waals surface area contributed by atoms with Crippen molar-refractivity contribution in [2.45, 2.75) is 17.6 Å². The Morgan fingerprint density at radius 1 is 1.03 bits per heavy atom. The molecule has 2 aromatic heterocycles. The van der Waals surface area contributed by atoms with Crippen LogP contribution in [-0.2, 0) is 14.6 Å². The van der Waals surface area contributed by atoms with E-state index in [1.165, 1.54) is 11.8 Å². The van der Waals surface area contributed by atoms with Crippen LogP contribution in [0.15, 0.2) is 88.6 Å². The lowest BCUT2D eigenvalue weighted by molar-refractivity contribution is -0.116. The number of nitrogens with zero attached hydrogens (tertiary/aromatic N) is 4. The number of benzene rings is 2. The molecule has 4 aromatic rings. The molecule has 0 spiro atoms. The summed E-state index contributed by atoms with van der Waals surface area (Å²) >= 11 is 1.26. The number of rotatable bonds is 7. The van der Waals surface area contributed by atoms with E-state index in [0.29, 0.717) is 28.8 Å². The van der Waals surface area contributed by atoms with E-state index >= 15 is 0 Å². The molecule has 0 N–H and O–H groups in total. The summed E-state index contributed by atoms with van der Waals surface area (Å²) < 4.78 is 31.6. The van der Waals surface area contributed by atoms with Crippen molar-refractivity contribution < 1.29 is 17.6 Å². The van der Waals surface area contributed by atoms with E-state index in [0.717, 1.165) is 5.69 Å². The number of hydrogen-bond donors (Lipinski definition) is 0. The number of anilines is 1. The minimum atomic E-state index is -3.15. The van der Waals surface area contributed by atoms with Gasteiger partial charge in [0.1, 0.15) is 0 Å². The van der Waals surface area contributed by atoms with Crippen molar-refractivity contribution in [2.24, 2.45) is 0 Å². The summed E-state index contributed by atoms with van der Waals surface area (Å²) in [6.07, 6.45) is 2.00. The van der Waals surface area contributed by atoms with Gasteiger partial charge in [-0.3, -0.25) is 9.36 Å². The number of hydrogen-bond acceptors (Lipinski definition) is 7. The van der Waals surface area contributed by atoms with Crippen LogP contribution in [0.3, 0.4) is 0 Å². The van der Waals surface area contributed by atoms with Gasteiger partial charge in [0, 0.05) is 11.4 Å². The first kappa shape index (κ1) is 22.4. The minimum Gasteiger partial charge on any atom is -0.461 e. The topological polar surface area (TPSA) is 98.3 Å². The number of sulfone groups is 1. The first-order chi connectivity index (χ1) is 16.5. The number of thioether (sulfide) groups is 1. The fourth-order valence-electron chi connectivity index (χ4n) is 4.06. The number of para-hydroxylation sites is 2. The maximum atomic E-state index is 13.4. The van der Waals surface area contributed by atoms with Crippen molar-refractivity contribution >= 4 is 33.2 Å². The lowest BCUT2D eigenvalue weighted by atomic mass is 10.2. The van der Waals surface area contributed by atoms with Gasteiger partial charge in [-0.15, -0.1) is 10.2 Å². The molecular weight excluding hydrogens is 472 g/mol. The Balaban J connectivity index is 1.43. The van der Waals surface area contributed by atoms with Crippen LogP contribution < -0.4 is 4.90 Å². The van der Waals surface area contributed by atoms with Gasteiger partial charge in [0.05, 0.1) is 29.6 Å². The molecule has 1 unspecified atom stereocenters. The van der Waals surface area contributed by atoms with Crippen LogP contribution in [0.4, 0.5) is 5.69 Å². The van der Waals surface area contributed by atoms with E-state index < -0.39 is 9.84 Å². The van der Waals surface area contributed by atoms with Crippen molar-refractivity contribution in [1.29, 1.82) is 0 Å². The summed E-state index contributed by atoms with van der Waals surface area (Å²) in [7, 11) is -3.15. The number of carbonyl (C=O) groups excluding carboxylic acids is 1. The monoisotopic (exact) mass is 494 g/mol. The van der Waals surface area contributed by atoms with Crippen LogP contribution in [-0.4, -0.2) is 52.4 Å². The molecule has 5 rings (SSSR count). The van der Waals surface area contributed by atoms with Gasteiger partial charge >= 0.3 is 0 Å². The van der Waals surface area contributed by atoms with Gasteiger partial charge in [-0.1, -0.05) is 48.2 Å². The average molecular weight is 495 g/mol. The van der Waals surface area contributed by atoms with Crippen molar-refractivity contribution in [1.82, 2.24) is 14.8 Å². The Kier molecular flexibility index (Phi) is 6.25. The molecular formula is C24H22N4O4S2. The number of amides is 1. The molecule has 0 radical (unpaired) electrons. The molecule has 3 heterocycles. The normalized spacial score (nSPS) is 17.0. The van der Waals surface area contributed by atoms with Gasteiger partial charge < -0.3 is 9.32 Å². The molecule has 174 valence electrons. The molecule has 2 aromatic carbocycles. The van der Waals surface area contributed by atoms with Crippen LogP contribution in [0.2, 0.25) is 0 Å². The second-order valence-corrected chi connectivity index (χ2v) is 11.1. The van der Waals surface area contributed by atoms with Gasteiger partial charge in [-0.25, -0.2) is 8.42 Å². The van der Waals surface area contributed by atoms with Crippen molar-refractivity contribution in [2.75, 3.05) is 22.2 Å². The third-order valence-electron chi connectivity index (χ3n) is 5.59. The maximum absolute atomic E-state index is 13.4. The Bertz CT molecular complexity index is 1370. The van der Waals surface area contributed by atoms with Crippen LogP contribution >= 0.6 is 11.8 Å². The lowest BCUT2D eigenvalue weighted by Gasteiger charge is -2.28. The van der Waals surface area contributed by atoms with Crippen LogP contribution in [0.5, 0.6) is 0 Å². The second-order valence-electron chi connectivity index (χ2n) is 7.90. The summed E-state index contributed by atoms with van der Waals surface area (Å²) in [6, 6.07) is 22.0. The zero-order valence-corrected chi connectivity index (χ0v) is 19.8. The SMILES string of the molecule is O=C(CSc1nnc(-c2ccco2)n1-c1ccccc1)N(c1ccccc1)C1CCS(=O)(=O)C1. The zero-order chi connectivity index (χ0) is 23.5. The van der Waals surface area contributed by atoms with Crippen LogP contribution in [0.25, 0.3) is 17.3 Å². The molecule has 0 aliphatic carbocycles.